The number of methoxy groups -OCH3 is 2. The van der Waals surface area contributed by atoms with Gasteiger partial charge in [-0.05, 0) is 65.9 Å². The zero-order valence-electron chi connectivity index (χ0n) is 22.5. The summed E-state index contributed by atoms with van der Waals surface area (Å²) < 4.78 is 17.1. The van der Waals surface area contributed by atoms with Gasteiger partial charge in [-0.3, -0.25) is 9.89 Å². The molecule has 0 radical (unpaired) electrons. The van der Waals surface area contributed by atoms with Crippen molar-refractivity contribution in [2.75, 3.05) is 20.8 Å². The van der Waals surface area contributed by atoms with E-state index in [9.17, 15) is 4.79 Å². The maximum Gasteiger partial charge on any atom is 0.273 e. The number of carbonyl (C=O) groups is 1. The van der Waals surface area contributed by atoms with Crippen molar-refractivity contribution in [1.29, 1.82) is 0 Å². The van der Waals surface area contributed by atoms with Crippen LogP contribution in [0.3, 0.4) is 0 Å². The molecule has 1 aliphatic rings. The van der Waals surface area contributed by atoms with E-state index in [2.05, 4.69) is 24.0 Å². The molecule has 0 aliphatic carbocycles. The number of fused-ring (bicyclic) bond motifs is 1. The molecular weight excluding hydrogens is 514 g/mol. The number of carbonyl (C=O) groups excluding carboxylic acids is 1. The molecule has 1 unspecified atom stereocenters. The van der Waals surface area contributed by atoms with Gasteiger partial charge >= 0.3 is 0 Å². The van der Waals surface area contributed by atoms with Gasteiger partial charge < -0.3 is 19.1 Å². The van der Waals surface area contributed by atoms with Crippen molar-refractivity contribution in [3.63, 3.8) is 0 Å². The van der Waals surface area contributed by atoms with Crippen molar-refractivity contribution >= 4 is 17.5 Å². The average Bonchev–Trinajstić information content (AvgIpc) is 3.49. The molecule has 1 amide bonds. The Bertz CT molecular complexity index is 1470. The quantitative estimate of drug-likeness (QED) is 0.234. The Balaban J connectivity index is 1.59. The van der Waals surface area contributed by atoms with Crippen molar-refractivity contribution in [2.45, 2.75) is 32.9 Å². The van der Waals surface area contributed by atoms with Gasteiger partial charge in [-0.25, -0.2) is 0 Å². The van der Waals surface area contributed by atoms with Gasteiger partial charge in [0.05, 0.1) is 32.6 Å². The Labute approximate surface area is 233 Å². The van der Waals surface area contributed by atoms with Crippen LogP contribution in [0.1, 0.15) is 53.5 Å². The Hall–Kier alpha value is -3.97. The highest BCUT2D eigenvalue weighted by molar-refractivity contribution is 6.31. The van der Waals surface area contributed by atoms with E-state index in [0.29, 0.717) is 47.0 Å². The van der Waals surface area contributed by atoms with Crippen molar-refractivity contribution in [2.24, 2.45) is 5.92 Å². The minimum atomic E-state index is -0.418. The van der Waals surface area contributed by atoms with Crippen molar-refractivity contribution in [3.8, 4) is 28.5 Å². The second kappa shape index (κ2) is 11.4. The van der Waals surface area contributed by atoms with Crippen molar-refractivity contribution < 1.29 is 19.0 Å². The zero-order valence-corrected chi connectivity index (χ0v) is 23.3. The Morgan fingerprint density at radius 2 is 1.77 bits per heavy atom. The summed E-state index contributed by atoms with van der Waals surface area (Å²) in [5.74, 6) is 2.43. The lowest BCUT2D eigenvalue weighted by molar-refractivity contribution is 0.0730. The predicted octanol–water partition coefficient (Wildman–Crippen LogP) is 6.92. The Morgan fingerprint density at radius 1 is 1.00 bits per heavy atom. The zero-order chi connectivity index (χ0) is 27.5. The largest absolute Gasteiger partial charge is 0.497 e. The van der Waals surface area contributed by atoms with Gasteiger partial charge in [0, 0.05) is 22.7 Å². The van der Waals surface area contributed by atoms with Crippen LogP contribution in [0, 0.1) is 5.92 Å². The molecule has 5 rings (SSSR count). The first-order chi connectivity index (χ1) is 18.9. The number of hydrogen-bond donors (Lipinski definition) is 1. The third-order valence-corrected chi connectivity index (χ3v) is 7.35. The fraction of sp³-hybridized carbons (Fsp3) is 0.290. The van der Waals surface area contributed by atoms with Gasteiger partial charge in [-0.15, -0.1) is 0 Å². The molecule has 0 fully saturated rings. The molecule has 1 aromatic heterocycles. The molecule has 2 heterocycles. The van der Waals surface area contributed by atoms with E-state index < -0.39 is 6.04 Å². The van der Waals surface area contributed by atoms with Crippen LogP contribution in [0.15, 0.2) is 66.7 Å². The number of benzene rings is 3. The maximum absolute atomic E-state index is 13.8. The van der Waals surface area contributed by atoms with Crippen LogP contribution in [0.2, 0.25) is 5.02 Å². The second-order valence-electron chi connectivity index (χ2n) is 9.96. The maximum atomic E-state index is 13.8. The second-order valence-corrected chi connectivity index (χ2v) is 10.4. The molecule has 0 saturated heterocycles. The van der Waals surface area contributed by atoms with Gasteiger partial charge in [-0.2, -0.15) is 5.10 Å². The van der Waals surface area contributed by atoms with Crippen molar-refractivity contribution in [3.05, 3.63) is 94.1 Å². The van der Waals surface area contributed by atoms with Crippen LogP contribution in [0.4, 0.5) is 0 Å². The summed E-state index contributed by atoms with van der Waals surface area (Å²) in [5, 5.41) is 8.19. The lowest BCUT2D eigenvalue weighted by Gasteiger charge is -2.27. The minimum absolute atomic E-state index is 0.140. The molecule has 1 aliphatic heterocycles. The summed E-state index contributed by atoms with van der Waals surface area (Å²) in [6.07, 6.45) is 0.942. The number of H-pyrrole nitrogens is 1. The number of rotatable bonds is 10. The number of aromatic nitrogens is 2. The molecule has 0 bridgehead atoms. The standard InChI is InChI=1S/C31H32ClN3O4/c1-19(2)15-16-39-25-14-11-21(17-26(25)38-4)30-27-28(20-9-12-23(37-3)13-10-20)33-34-29(27)31(36)35(30)18-22-7-5-6-8-24(22)32/h5-14,17,19,30H,15-16,18H2,1-4H3,(H,33,34). The van der Waals surface area contributed by atoms with Crippen LogP contribution in [0.5, 0.6) is 17.2 Å². The van der Waals surface area contributed by atoms with Crippen LogP contribution in [0.25, 0.3) is 11.3 Å². The van der Waals surface area contributed by atoms with E-state index in [-0.39, 0.29) is 5.91 Å². The highest BCUT2D eigenvalue weighted by Crippen LogP contribution is 2.45. The first kappa shape index (κ1) is 26.6. The van der Waals surface area contributed by atoms with E-state index in [1.165, 1.54) is 0 Å². The third kappa shape index (κ3) is 5.32. The first-order valence-corrected chi connectivity index (χ1v) is 13.4. The van der Waals surface area contributed by atoms with E-state index >= 15 is 0 Å². The fourth-order valence-electron chi connectivity index (χ4n) is 4.86. The average molecular weight is 546 g/mol. The molecule has 7 nitrogen and oxygen atoms in total. The molecular formula is C31H32ClN3O4. The lowest BCUT2D eigenvalue weighted by atomic mass is 9.95. The number of hydrogen-bond acceptors (Lipinski definition) is 5. The fourth-order valence-corrected chi connectivity index (χ4v) is 5.06. The summed E-state index contributed by atoms with van der Waals surface area (Å²) in [4.78, 5) is 15.6. The van der Waals surface area contributed by atoms with Gasteiger partial charge in [0.15, 0.2) is 11.5 Å². The topological polar surface area (TPSA) is 76.7 Å². The van der Waals surface area contributed by atoms with Crippen LogP contribution >= 0.6 is 11.6 Å². The summed E-state index contributed by atoms with van der Waals surface area (Å²) in [6, 6.07) is 20.7. The number of aromatic amines is 1. The van der Waals surface area contributed by atoms with Crippen LogP contribution in [-0.2, 0) is 6.54 Å². The molecule has 0 saturated carbocycles. The lowest BCUT2D eigenvalue weighted by Crippen LogP contribution is -2.29. The number of halogens is 1. The molecule has 8 heteroatoms. The molecule has 202 valence electrons. The molecule has 39 heavy (non-hydrogen) atoms. The van der Waals surface area contributed by atoms with Gasteiger partial charge in [0.25, 0.3) is 5.91 Å². The highest BCUT2D eigenvalue weighted by Gasteiger charge is 2.42. The van der Waals surface area contributed by atoms with Crippen LogP contribution < -0.4 is 14.2 Å². The summed E-state index contributed by atoms with van der Waals surface area (Å²) in [7, 11) is 3.26. The van der Waals surface area contributed by atoms with Crippen molar-refractivity contribution in [1.82, 2.24) is 15.1 Å². The summed E-state index contributed by atoms with van der Waals surface area (Å²) >= 11 is 6.52. The molecule has 1 N–H and O–H groups in total. The van der Waals surface area contributed by atoms with Gasteiger partial charge in [0.2, 0.25) is 0 Å². The normalized spacial score (nSPS) is 14.6. The molecule has 4 aromatic rings. The molecule has 1 atom stereocenters. The van der Waals surface area contributed by atoms with Crippen LogP contribution in [-0.4, -0.2) is 41.8 Å². The molecule has 3 aromatic carbocycles. The minimum Gasteiger partial charge on any atom is -0.497 e. The number of amides is 1. The molecule has 0 spiro atoms. The van der Waals surface area contributed by atoms with E-state index in [0.717, 1.165) is 34.4 Å². The summed E-state index contributed by atoms with van der Waals surface area (Å²) in [6.45, 7) is 5.26. The summed E-state index contributed by atoms with van der Waals surface area (Å²) in [5.41, 5.74) is 4.62. The SMILES string of the molecule is COc1ccc(-c2n[nH]c3c2C(c2ccc(OCCC(C)C)c(OC)c2)N(Cc2ccccc2Cl)C3=O)cc1. The van der Waals surface area contributed by atoms with Gasteiger partial charge in [0.1, 0.15) is 11.4 Å². The monoisotopic (exact) mass is 545 g/mol. The number of nitrogens with zero attached hydrogens (tertiary/aromatic N) is 2. The Kier molecular flexibility index (Phi) is 7.79. The van der Waals surface area contributed by atoms with Gasteiger partial charge in [-0.1, -0.05) is 49.7 Å². The smallest absolute Gasteiger partial charge is 0.273 e. The van der Waals surface area contributed by atoms with E-state index in [1.54, 1.807) is 14.2 Å². The highest BCUT2D eigenvalue weighted by atomic mass is 35.5. The first-order valence-electron chi connectivity index (χ1n) is 13.0. The number of ether oxygens (including phenoxy) is 3. The predicted molar refractivity (Wildman–Crippen MR) is 152 cm³/mol. The van der Waals surface area contributed by atoms with E-state index in [4.69, 9.17) is 25.8 Å². The third-order valence-electron chi connectivity index (χ3n) is 6.98. The van der Waals surface area contributed by atoms with E-state index in [1.807, 2.05) is 71.6 Å². The Morgan fingerprint density at radius 3 is 2.46 bits per heavy atom. The number of nitrogens with one attached hydrogen (secondary N) is 1.